The number of benzene rings is 1. The third-order valence-corrected chi connectivity index (χ3v) is 3.35. The van der Waals surface area contributed by atoms with Crippen molar-refractivity contribution in [1.82, 2.24) is 9.88 Å². The van der Waals surface area contributed by atoms with Gasteiger partial charge in [-0.15, -0.1) is 0 Å². The highest BCUT2D eigenvalue weighted by atomic mass is 16.3. The Morgan fingerprint density at radius 1 is 1.00 bits per heavy atom. The molecule has 1 aromatic carbocycles. The minimum Gasteiger partial charge on any atom is -0.387 e. The number of hydrogen-bond donors (Lipinski definition) is 1. The van der Waals surface area contributed by atoms with Crippen LogP contribution in [0.3, 0.4) is 0 Å². The van der Waals surface area contributed by atoms with Crippen molar-refractivity contribution in [2.45, 2.75) is 26.5 Å². The van der Waals surface area contributed by atoms with Crippen molar-refractivity contribution in [3.63, 3.8) is 0 Å². The van der Waals surface area contributed by atoms with Crippen LogP contribution in [0.15, 0.2) is 54.7 Å². The van der Waals surface area contributed by atoms with Crippen LogP contribution >= 0.6 is 0 Å². The van der Waals surface area contributed by atoms with Crippen molar-refractivity contribution >= 4 is 0 Å². The van der Waals surface area contributed by atoms with Crippen LogP contribution in [0.25, 0.3) is 0 Å². The van der Waals surface area contributed by atoms with Crippen molar-refractivity contribution in [2.24, 2.45) is 5.92 Å². The molecule has 1 aromatic heterocycles. The van der Waals surface area contributed by atoms with Gasteiger partial charge in [0.05, 0.1) is 11.8 Å². The molecule has 0 aliphatic heterocycles. The van der Waals surface area contributed by atoms with E-state index in [1.165, 1.54) is 0 Å². The molecular weight excluding hydrogens is 260 g/mol. The average Bonchev–Trinajstić information content (AvgIpc) is 2.48. The fraction of sp³-hybridized carbons (Fsp3) is 0.389. The van der Waals surface area contributed by atoms with Gasteiger partial charge in [0.25, 0.3) is 0 Å². The first-order valence-corrected chi connectivity index (χ1v) is 7.50. The number of nitrogens with zero attached hydrogens (tertiary/aromatic N) is 2. The molecular formula is C18H24N2O. The summed E-state index contributed by atoms with van der Waals surface area (Å²) in [5.74, 6) is 0.552. The molecule has 2 aromatic rings. The van der Waals surface area contributed by atoms with E-state index in [1.54, 1.807) is 0 Å². The van der Waals surface area contributed by atoms with Gasteiger partial charge < -0.3 is 5.11 Å². The van der Waals surface area contributed by atoms with Gasteiger partial charge in [-0.1, -0.05) is 50.2 Å². The minimum atomic E-state index is -0.464. The van der Waals surface area contributed by atoms with Gasteiger partial charge in [0.1, 0.15) is 0 Å². The second kappa shape index (κ2) is 7.91. The first kappa shape index (κ1) is 15.7. The van der Waals surface area contributed by atoms with E-state index in [0.717, 1.165) is 24.3 Å². The maximum absolute atomic E-state index is 10.4. The van der Waals surface area contributed by atoms with Crippen LogP contribution in [0.4, 0.5) is 0 Å². The van der Waals surface area contributed by atoms with Gasteiger partial charge in [-0.3, -0.25) is 9.88 Å². The molecule has 0 saturated carbocycles. The molecule has 1 N–H and O–H groups in total. The Bertz CT molecular complexity index is 513. The summed E-state index contributed by atoms with van der Waals surface area (Å²) in [4.78, 5) is 6.65. The first-order chi connectivity index (χ1) is 10.1. The Kier molecular flexibility index (Phi) is 5.90. The smallest absolute Gasteiger partial charge is 0.0917 e. The summed E-state index contributed by atoms with van der Waals surface area (Å²) in [6.45, 7) is 6.72. The lowest BCUT2D eigenvalue weighted by Crippen LogP contribution is -2.32. The van der Waals surface area contributed by atoms with Crippen molar-refractivity contribution in [3.8, 4) is 0 Å². The third-order valence-electron chi connectivity index (χ3n) is 3.35. The molecule has 1 heterocycles. The molecule has 3 heteroatoms. The number of aromatic nitrogens is 1. The summed E-state index contributed by atoms with van der Waals surface area (Å²) in [7, 11) is 0. The van der Waals surface area contributed by atoms with Crippen molar-refractivity contribution < 1.29 is 5.11 Å². The Morgan fingerprint density at radius 3 is 2.33 bits per heavy atom. The Hall–Kier alpha value is -1.71. The summed E-state index contributed by atoms with van der Waals surface area (Å²) < 4.78 is 0. The van der Waals surface area contributed by atoms with Crippen molar-refractivity contribution in [1.29, 1.82) is 0 Å². The Labute approximate surface area is 127 Å². The van der Waals surface area contributed by atoms with Crippen LogP contribution < -0.4 is 0 Å². The second-order valence-corrected chi connectivity index (χ2v) is 5.84. The van der Waals surface area contributed by atoms with E-state index in [-0.39, 0.29) is 0 Å². The Morgan fingerprint density at radius 2 is 1.71 bits per heavy atom. The molecule has 0 bridgehead atoms. The number of hydrogen-bond acceptors (Lipinski definition) is 3. The van der Waals surface area contributed by atoms with Crippen LogP contribution in [0.2, 0.25) is 0 Å². The molecule has 0 spiro atoms. The summed E-state index contributed by atoms with van der Waals surface area (Å²) in [5, 5.41) is 10.4. The lowest BCUT2D eigenvalue weighted by atomic mass is 10.1. The summed E-state index contributed by atoms with van der Waals surface area (Å²) in [6, 6.07) is 15.8. The van der Waals surface area contributed by atoms with E-state index >= 15 is 0 Å². The standard InChI is InChI=1S/C18H24N2O/c1-15(2)12-20(13-17-10-6-7-11-19-17)14-18(21)16-8-4-3-5-9-16/h3-11,15,18,21H,12-14H2,1-2H3. The zero-order valence-electron chi connectivity index (χ0n) is 12.8. The molecule has 1 unspecified atom stereocenters. The van der Waals surface area contributed by atoms with Crippen LogP contribution in [0.1, 0.15) is 31.2 Å². The first-order valence-electron chi connectivity index (χ1n) is 7.50. The highest BCUT2D eigenvalue weighted by Gasteiger charge is 2.15. The second-order valence-electron chi connectivity index (χ2n) is 5.84. The normalized spacial score (nSPS) is 12.8. The third kappa shape index (κ3) is 5.29. The van der Waals surface area contributed by atoms with Gasteiger partial charge in [0.2, 0.25) is 0 Å². The lowest BCUT2D eigenvalue weighted by Gasteiger charge is -2.26. The summed E-state index contributed by atoms with van der Waals surface area (Å²) in [5.41, 5.74) is 2.01. The van der Waals surface area contributed by atoms with Crippen LogP contribution in [-0.4, -0.2) is 28.1 Å². The molecule has 0 saturated heterocycles. The zero-order valence-corrected chi connectivity index (χ0v) is 12.8. The number of pyridine rings is 1. The maximum Gasteiger partial charge on any atom is 0.0917 e. The topological polar surface area (TPSA) is 36.4 Å². The fourth-order valence-corrected chi connectivity index (χ4v) is 2.47. The van der Waals surface area contributed by atoms with Crippen molar-refractivity contribution in [2.75, 3.05) is 13.1 Å². The highest BCUT2D eigenvalue weighted by molar-refractivity contribution is 5.17. The van der Waals surface area contributed by atoms with Gasteiger partial charge in [-0.2, -0.15) is 0 Å². The highest BCUT2D eigenvalue weighted by Crippen LogP contribution is 2.16. The van der Waals surface area contributed by atoms with E-state index in [4.69, 9.17) is 0 Å². The number of aliphatic hydroxyl groups is 1. The molecule has 0 amide bonds. The fourth-order valence-electron chi connectivity index (χ4n) is 2.47. The molecule has 2 rings (SSSR count). The van der Waals surface area contributed by atoms with Gasteiger partial charge in [0.15, 0.2) is 0 Å². The molecule has 0 aliphatic rings. The van der Waals surface area contributed by atoms with E-state index in [2.05, 4.69) is 23.7 Å². The summed E-state index contributed by atoms with van der Waals surface area (Å²) in [6.07, 6.45) is 1.35. The van der Waals surface area contributed by atoms with Crippen LogP contribution in [0, 0.1) is 5.92 Å². The molecule has 0 aliphatic carbocycles. The monoisotopic (exact) mass is 284 g/mol. The SMILES string of the molecule is CC(C)CN(Cc1ccccn1)CC(O)c1ccccc1. The maximum atomic E-state index is 10.4. The molecule has 0 radical (unpaired) electrons. The minimum absolute atomic E-state index is 0.464. The molecule has 21 heavy (non-hydrogen) atoms. The molecule has 1 atom stereocenters. The molecule has 112 valence electrons. The molecule has 3 nitrogen and oxygen atoms in total. The zero-order chi connectivity index (χ0) is 15.1. The average molecular weight is 284 g/mol. The van der Waals surface area contributed by atoms with Crippen molar-refractivity contribution in [3.05, 3.63) is 66.0 Å². The van der Waals surface area contributed by atoms with Gasteiger partial charge in [0, 0.05) is 25.8 Å². The number of rotatable bonds is 7. The van der Waals surface area contributed by atoms with E-state index in [9.17, 15) is 5.11 Å². The van der Waals surface area contributed by atoms with E-state index in [1.807, 2.05) is 54.7 Å². The van der Waals surface area contributed by atoms with Gasteiger partial charge >= 0.3 is 0 Å². The van der Waals surface area contributed by atoms with Gasteiger partial charge in [-0.05, 0) is 23.6 Å². The largest absolute Gasteiger partial charge is 0.387 e. The predicted molar refractivity (Wildman–Crippen MR) is 85.8 cm³/mol. The Balaban J connectivity index is 2.02. The van der Waals surface area contributed by atoms with Crippen LogP contribution in [-0.2, 0) is 6.54 Å². The number of aliphatic hydroxyl groups excluding tert-OH is 1. The predicted octanol–water partition coefficient (Wildman–Crippen LogP) is 3.27. The molecule has 0 fully saturated rings. The summed E-state index contributed by atoms with van der Waals surface area (Å²) >= 11 is 0. The van der Waals surface area contributed by atoms with Crippen LogP contribution in [0.5, 0.6) is 0 Å². The van der Waals surface area contributed by atoms with E-state index in [0.29, 0.717) is 12.5 Å². The quantitative estimate of drug-likeness (QED) is 0.847. The van der Waals surface area contributed by atoms with Gasteiger partial charge in [-0.25, -0.2) is 0 Å². The lowest BCUT2D eigenvalue weighted by molar-refractivity contribution is 0.101. The van der Waals surface area contributed by atoms with E-state index < -0.39 is 6.10 Å².